The van der Waals surface area contributed by atoms with Crippen LogP contribution in [-0.4, -0.2) is 49.3 Å². The first-order valence-electron chi connectivity index (χ1n) is 10.6. The summed E-state index contributed by atoms with van der Waals surface area (Å²) >= 11 is 0. The lowest BCUT2D eigenvalue weighted by atomic mass is 10.1. The maximum atomic E-state index is 13.6. The normalized spacial score (nSPS) is 14.1. The van der Waals surface area contributed by atoms with Crippen molar-refractivity contribution in [1.29, 1.82) is 0 Å². The number of aryl methyl sites for hydroxylation is 1. The SMILES string of the molecule is COC(=O)c1cc(N2CCOCC2)cc(Nc2cc(C)nc3c(C(F)(F)F)cccc23)c1[N+](=O)[O-]. The molecule has 0 aliphatic carbocycles. The molecule has 1 N–H and O–H groups in total. The molecule has 0 saturated carbocycles. The second kappa shape index (κ2) is 9.37. The van der Waals surface area contributed by atoms with Gasteiger partial charge in [0.1, 0.15) is 11.3 Å². The van der Waals surface area contributed by atoms with Gasteiger partial charge in [0.25, 0.3) is 0 Å². The van der Waals surface area contributed by atoms with Gasteiger partial charge >= 0.3 is 17.8 Å². The van der Waals surface area contributed by atoms with Crippen molar-refractivity contribution < 1.29 is 32.4 Å². The van der Waals surface area contributed by atoms with Crippen molar-refractivity contribution >= 4 is 39.6 Å². The van der Waals surface area contributed by atoms with E-state index in [0.29, 0.717) is 32.0 Å². The van der Waals surface area contributed by atoms with Crippen LogP contribution < -0.4 is 10.2 Å². The minimum Gasteiger partial charge on any atom is -0.465 e. The van der Waals surface area contributed by atoms with E-state index >= 15 is 0 Å². The Balaban J connectivity index is 1.93. The number of nitrogens with zero attached hydrogens (tertiary/aromatic N) is 3. The second-order valence-corrected chi connectivity index (χ2v) is 7.87. The van der Waals surface area contributed by atoms with Crippen LogP contribution in [0.4, 0.5) is 35.9 Å². The zero-order valence-electron chi connectivity index (χ0n) is 18.8. The lowest BCUT2D eigenvalue weighted by Crippen LogP contribution is -2.36. The number of carbonyl (C=O) groups is 1. The third kappa shape index (κ3) is 4.83. The molecule has 0 unspecified atom stereocenters. The van der Waals surface area contributed by atoms with E-state index in [4.69, 9.17) is 9.47 Å². The Hall–Kier alpha value is -3.93. The van der Waals surface area contributed by atoms with E-state index in [0.717, 1.165) is 13.2 Å². The number of nitro benzene ring substituents is 1. The zero-order chi connectivity index (χ0) is 25.3. The van der Waals surface area contributed by atoms with Crippen molar-refractivity contribution in [2.75, 3.05) is 43.6 Å². The number of fused-ring (bicyclic) bond motifs is 1. The first-order valence-corrected chi connectivity index (χ1v) is 10.6. The van der Waals surface area contributed by atoms with Crippen molar-refractivity contribution in [3.05, 3.63) is 63.3 Å². The van der Waals surface area contributed by atoms with E-state index in [2.05, 4.69) is 10.3 Å². The molecule has 0 amide bonds. The first-order chi connectivity index (χ1) is 16.6. The summed E-state index contributed by atoms with van der Waals surface area (Å²) in [5.41, 5.74) is -1.15. The van der Waals surface area contributed by atoms with Crippen LogP contribution in [0.5, 0.6) is 0 Å². The Morgan fingerprint density at radius 2 is 1.91 bits per heavy atom. The molecule has 35 heavy (non-hydrogen) atoms. The predicted octanol–water partition coefficient (Wildman–Crippen LogP) is 4.84. The molecular weight excluding hydrogens is 469 g/mol. The summed E-state index contributed by atoms with van der Waals surface area (Å²) in [5.74, 6) is -0.912. The van der Waals surface area contributed by atoms with E-state index in [-0.39, 0.29) is 33.5 Å². The van der Waals surface area contributed by atoms with Crippen molar-refractivity contribution in [2.45, 2.75) is 13.1 Å². The number of aromatic nitrogens is 1. The van der Waals surface area contributed by atoms with Crippen molar-refractivity contribution in [1.82, 2.24) is 4.98 Å². The number of rotatable bonds is 5. The summed E-state index contributed by atoms with van der Waals surface area (Å²) < 4.78 is 50.9. The number of esters is 1. The van der Waals surface area contributed by atoms with E-state index in [1.54, 1.807) is 0 Å². The molecule has 0 bridgehead atoms. The standard InChI is InChI=1S/C23H21F3N4O5/c1-13-10-18(15-4-3-5-17(20(15)27-13)23(24,25)26)28-19-12-14(29-6-8-35-9-7-29)11-16(22(31)34-2)21(19)30(32)33/h3-5,10-12H,6-9H2,1-2H3,(H,27,28). The second-order valence-electron chi connectivity index (χ2n) is 7.87. The number of anilines is 3. The molecule has 9 nitrogen and oxygen atoms in total. The molecule has 1 aromatic heterocycles. The fraction of sp³-hybridized carbons (Fsp3) is 0.304. The van der Waals surface area contributed by atoms with Gasteiger partial charge in [-0.15, -0.1) is 0 Å². The Kier molecular flexibility index (Phi) is 6.48. The van der Waals surface area contributed by atoms with Crippen molar-refractivity contribution in [2.24, 2.45) is 0 Å². The minimum atomic E-state index is -4.64. The number of hydrogen-bond donors (Lipinski definition) is 1. The molecule has 12 heteroatoms. The van der Waals surface area contributed by atoms with Crippen LogP contribution in [0.1, 0.15) is 21.6 Å². The van der Waals surface area contributed by atoms with Crippen LogP contribution in [0.3, 0.4) is 0 Å². The molecule has 0 atom stereocenters. The van der Waals surface area contributed by atoms with Gasteiger partial charge in [0.15, 0.2) is 0 Å². The molecule has 0 spiro atoms. The third-order valence-corrected chi connectivity index (χ3v) is 5.60. The van der Waals surface area contributed by atoms with Crippen LogP contribution in [0.15, 0.2) is 36.4 Å². The molecule has 2 heterocycles. The number of carbonyl (C=O) groups excluding carboxylic acids is 1. The van der Waals surface area contributed by atoms with Crippen LogP contribution in [0.25, 0.3) is 10.9 Å². The Bertz CT molecular complexity index is 1310. The summed E-state index contributed by atoms with van der Waals surface area (Å²) in [5, 5.41) is 15.0. The number of para-hydroxylation sites is 1. The van der Waals surface area contributed by atoms with Gasteiger partial charge in [-0.2, -0.15) is 13.2 Å². The number of benzene rings is 2. The molecule has 1 aliphatic heterocycles. The highest BCUT2D eigenvalue weighted by Gasteiger charge is 2.34. The van der Waals surface area contributed by atoms with Gasteiger partial charge in [-0.05, 0) is 31.2 Å². The van der Waals surface area contributed by atoms with Gasteiger partial charge in [0.05, 0.1) is 36.3 Å². The number of nitrogens with one attached hydrogen (secondary N) is 1. The fourth-order valence-electron chi connectivity index (χ4n) is 4.03. The Morgan fingerprint density at radius 3 is 2.54 bits per heavy atom. The number of nitro groups is 1. The summed E-state index contributed by atoms with van der Waals surface area (Å²) in [6, 6.07) is 7.97. The largest absolute Gasteiger partial charge is 0.465 e. The van der Waals surface area contributed by atoms with Crippen LogP contribution in [0, 0.1) is 17.0 Å². The number of halogens is 3. The van der Waals surface area contributed by atoms with E-state index in [1.165, 1.54) is 37.3 Å². The summed E-state index contributed by atoms with van der Waals surface area (Å²) in [7, 11) is 1.11. The Morgan fingerprint density at radius 1 is 1.20 bits per heavy atom. The monoisotopic (exact) mass is 490 g/mol. The summed E-state index contributed by atoms with van der Waals surface area (Å²) in [6.07, 6.45) is -4.64. The van der Waals surface area contributed by atoms with Gasteiger partial charge < -0.3 is 19.7 Å². The summed E-state index contributed by atoms with van der Waals surface area (Å²) in [6.45, 7) is 3.37. The number of alkyl halides is 3. The maximum Gasteiger partial charge on any atom is 0.418 e. The Labute approximate surface area is 197 Å². The van der Waals surface area contributed by atoms with Crippen molar-refractivity contribution in [3.63, 3.8) is 0 Å². The number of morpholine rings is 1. The minimum absolute atomic E-state index is 0.0660. The molecule has 1 saturated heterocycles. The number of hydrogen-bond acceptors (Lipinski definition) is 8. The average Bonchev–Trinajstić information content (AvgIpc) is 2.82. The number of pyridine rings is 1. The van der Waals surface area contributed by atoms with E-state index in [9.17, 15) is 28.1 Å². The lowest BCUT2D eigenvalue weighted by molar-refractivity contribution is -0.384. The quantitative estimate of drug-likeness (QED) is 0.308. The number of ether oxygens (including phenoxy) is 2. The van der Waals surface area contributed by atoms with Crippen LogP contribution >= 0.6 is 0 Å². The van der Waals surface area contributed by atoms with Gasteiger partial charge in [-0.1, -0.05) is 12.1 Å². The zero-order valence-corrected chi connectivity index (χ0v) is 18.8. The van der Waals surface area contributed by atoms with E-state index < -0.39 is 28.3 Å². The smallest absolute Gasteiger partial charge is 0.418 e. The van der Waals surface area contributed by atoms with Crippen molar-refractivity contribution in [3.8, 4) is 0 Å². The predicted molar refractivity (Wildman–Crippen MR) is 122 cm³/mol. The fourth-order valence-corrected chi connectivity index (χ4v) is 4.03. The molecule has 1 fully saturated rings. The highest BCUT2D eigenvalue weighted by atomic mass is 19.4. The lowest BCUT2D eigenvalue weighted by Gasteiger charge is -2.29. The molecular formula is C23H21F3N4O5. The van der Waals surface area contributed by atoms with Gasteiger partial charge in [-0.25, -0.2) is 4.79 Å². The van der Waals surface area contributed by atoms with E-state index in [1.807, 2.05) is 4.90 Å². The topological polar surface area (TPSA) is 107 Å². The highest BCUT2D eigenvalue weighted by molar-refractivity contribution is 6.01. The number of methoxy groups -OCH3 is 1. The average molecular weight is 490 g/mol. The van der Waals surface area contributed by atoms with Crippen LogP contribution in [0.2, 0.25) is 0 Å². The molecule has 3 aromatic rings. The van der Waals surface area contributed by atoms with Gasteiger partial charge in [0, 0.05) is 35.5 Å². The third-order valence-electron chi connectivity index (χ3n) is 5.60. The first kappa shape index (κ1) is 24.2. The molecule has 1 aliphatic rings. The molecule has 184 valence electrons. The highest BCUT2D eigenvalue weighted by Crippen LogP contribution is 2.40. The molecule has 0 radical (unpaired) electrons. The molecule has 2 aromatic carbocycles. The van der Waals surface area contributed by atoms with Crippen LogP contribution in [-0.2, 0) is 15.7 Å². The maximum absolute atomic E-state index is 13.6. The summed E-state index contributed by atoms with van der Waals surface area (Å²) in [4.78, 5) is 29.7. The molecule has 4 rings (SSSR count). The van der Waals surface area contributed by atoms with Gasteiger partial charge in [0.2, 0.25) is 0 Å². The van der Waals surface area contributed by atoms with Gasteiger partial charge in [-0.3, -0.25) is 15.1 Å².